The quantitative estimate of drug-likeness (QED) is 0.418. The predicted molar refractivity (Wildman–Crippen MR) is 92.5 cm³/mol. The van der Waals surface area contributed by atoms with Crippen molar-refractivity contribution in [2.24, 2.45) is 28.6 Å². The summed E-state index contributed by atoms with van der Waals surface area (Å²) < 4.78 is 0. The maximum atomic E-state index is 11.6. The topological polar surface area (TPSA) is 101 Å². The summed E-state index contributed by atoms with van der Waals surface area (Å²) in [5, 5.41) is 54.8. The van der Waals surface area contributed by atoms with Gasteiger partial charge in [-0.1, -0.05) is 26.0 Å². The lowest BCUT2D eigenvalue weighted by Gasteiger charge is -2.45. The maximum absolute atomic E-state index is 11.6. The average molecular weight is 352 g/mol. The molecule has 0 aromatic rings. The van der Waals surface area contributed by atoms with E-state index in [2.05, 4.69) is 6.58 Å². The lowest BCUT2D eigenvalue weighted by Crippen LogP contribution is -2.56. The fourth-order valence-corrected chi connectivity index (χ4v) is 7.18. The lowest BCUT2D eigenvalue weighted by atomic mass is 9.62. The Bertz CT molecular complexity index is 613. The monoisotopic (exact) mass is 352 g/mol. The molecule has 0 radical (unpaired) electrons. The van der Waals surface area contributed by atoms with Gasteiger partial charge in [-0.05, 0) is 50.4 Å². The molecule has 0 aliphatic heterocycles. The SMILES string of the molecule is C=C1[C@@H]2C[C@@H](O)[C@@H]3C[C@@]2(C[C@@H](O)[C@@]2(O)[C@H]1C[C@H](O)C2(C)C)C[C@@]3(C)O. The number of aliphatic hydroxyl groups excluding tert-OH is 3. The molecule has 0 amide bonds. The highest BCUT2D eigenvalue weighted by molar-refractivity contribution is 5.31. The number of rotatable bonds is 0. The van der Waals surface area contributed by atoms with Crippen molar-refractivity contribution in [3.8, 4) is 0 Å². The van der Waals surface area contributed by atoms with Crippen LogP contribution < -0.4 is 0 Å². The predicted octanol–water partition coefficient (Wildman–Crippen LogP) is 0.973. The van der Waals surface area contributed by atoms with Crippen LogP contribution in [0.5, 0.6) is 0 Å². The summed E-state index contributed by atoms with van der Waals surface area (Å²) in [5.74, 6) is -0.649. The molecule has 4 aliphatic carbocycles. The Morgan fingerprint density at radius 1 is 0.920 bits per heavy atom. The van der Waals surface area contributed by atoms with Crippen LogP contribution in [0.3, 0.4) is 0 Å². The third kappa shape index (κ3) is 1.97. The molecule has 5 N–H and O–H groups in total. The number of hydrogen-bond donors (Lipinski definition) is 5. The molecule has 0 saturated heterocycles. The summed E-state index contributed by atoms with van der Waals surface area (Å²) >= 11 is 0. The van der Waals surface area contributed by atoms with E-state index < -0.39 is 40.8 Å². The summed E-state index contributed by atoms with van der Waals surface area (Å²) in [7, 11) is 0. The molecule has 0 aromatic heterocycles. The molecule has 4 rings (SSSR count). The summed E-state index contributed by atoms with van der Waals surface area (Å²) in [6, 6.07) is 0. The highest BCUT2D eigenvalue weighted by atomic mass is 16.4. The Hall–Kier alpha value is -0.460. The zero-order chi connectivity index (χ0) is 18.6. The van der Waals surface area contributed by atoms with E-state index >= 15 is 0 Å². The van der Waals surface area contributed by atoms with E-state index in [0.717, 1.165) is 5.57 Å². The van der Waals surface area contributed by atoms with Gasteiger partial charge in [0.2, 0.25) is 0 Å². The third-order valence-corrected chi connectivity index (χ3v) is 8.67. The van der Waals surface area contributed by atoms with Crippen molar-refractivity contribution in [2.45, 2.75) is 82.4 Å². The van der Waals surface area contributed by atoms with Gasteiger partial charge in [0.1, 0.15) is 5.60 Å². The minimum absolute atomic E-state index is 0.0532. The first-order valence-corrected chi connectivity index (χ1v) is 9.54. The maximum Gasteiger partial charge on any atom is 0.105 e. The van der Waals surface area contributed by atoms with Crippen LogP contribution in [0.25, 0.3) is 0 Å². The van der Waals surface area contributed by atoms with Gasteiger partial charge in [-0.2, -0.15) is 0 Å². The van der Waals surface area contributed by atoms with Crippen LogP contribution in [0.4, 0.5) is 0 Å². The molecule has 4 saturated carbocycles. The first-order valence-electron chi connectivity index (χ1n) is 9.54. The van der Waals surface area contributed by atoms with Gasteiger partial charge < -0.3 is 25.5 Å². The molecule has 9 atom stereocenters. The average Bonchev–Trinajstić information content (AvgIpc) is 2.82. The van der Waals surface area contributed by atoms with Gasteiger partial charge in [0, 0.05) is 17.3 Å². The van der Waals surface area contributed by atoms with Crippen molar-refractivity contribution in [1.29, 1.82) is 0 Å². The lowest BCUT2D eigenvalue weighted by molar-refractivity contribution is -0.169. The molecular formula is C20H32O5. The van der Waals surface area contributed by atoms with Gasteiger partial charge in [0.05, 0.1) is 23.9 Å². The first kappa shape index (κ1) is 17.9. The van der Waals surface area contributed by atoms with Crippen LogP contribution in [0.15, 0.2) is 12.2 Å². The molecule has 4 aliphatic rings. The molecule has 4 fully saturated rings. The molecule has 1 spiro atoms. The molecular weight excluding hydrogens is 320 g/mol. The first-order chi connectivity index (χ1) is 11.4. The van der Waals surface area contributed by atoms with Gasteiger partial charge in [-0.15, -0.1) is 0 Å². The molecule has 0 heterocycles. The zero-order valence-corrected chi connectivity index (χ0v) is 15.4. The standard InChI is InChI=1S/C20H32O5/c1-10-11-5-14(21)13-7-19(11,9-18(13,4)24)8-16(23)20(25)12(10)6-15(22)17(20,2)3/h11-16,21-25H,1,5-9H2,2-4H3/t11-,12-,13-,14+,15-,16+,18+,19+,20-/m0/s1. The van der Waals surface area contributed by atoms with Crippen LogP contribution >= 0.6 is 0 Å². The summed E-state index contributed by atoms with van der Waals surface area (Å²) in [4.78, 5) is 0. The zero-order valence-electron chi connectivity index (χ0n) is 15.4. The highest BCUT2D eigenvalue weighted by Crippen LogP contribution is 2.68. The fraction of sp³-hybridized carbons (Fsp3) is 0.900. The van der Waals surface area contributed by atoms with Gasteiger partial charge in [-0.3, -0.25) is 0 Å². The van der Waals surface area contributed by atoms with Crippen LogP contribution in [0.2, 0.25) is 0 Å². The Labute approximate surface area is 149 Å². The Kier molecular flexibility index (Phi) is 3.49. The normalized spacial score (nSPS) is 60.1. The second-order valence-electron chi connectivity index (χ2n) is 10.2. The second kappa shape index (κ2) is 4.87. The highest BCUT2D eigenvalue weighted by Gasteiger charge is 2.70. The van der Waals surface area contributed by atoms with E-state index in [0.29, 0.717) is 32.1 Å². The number of hydrogen-bond acceptors (Lipinski definition) is 5. The van der Waals surface area contributed by atoms with Crippen LogP contribution in [0.1, 0.15) is 52.9 Å². The van der Waals surface area contributed by atoms with Gasteiger partial charge >= 0.3 is 0 Å². The minimum Gasteiger partial charge on any atom is -0.393 e. The molecule has 0 unspecified atom stereocenters. The molecule has 2 bridgehead atoms. The van der Waals surface area contributed by atoms with Crippen molar-refractivity contribution in [3.05, 3.63) is 12.2 Å². The van der Waals surface area contributed by atoms with Crippen LogP contribution in [-0.4, -0.2) is 55.0 Å². The second-order valence-corrected chi connectivity index (χ2v) is 10.2. The van der Waals surface area contributed by atoms with E-state index in [1.54, 1.807) is 6.92 Å². The van der Waals surface area contributed by atoms with Crippen LogP contribution in [0, 0.1) is 28.6 Å². The molecule has 25 heavy (non-hydrogen) atoms. The van der Waals surface area contributed by atoms with Crippen LogP contribution in [-0.2, 0) is 0 Å². The largest absolute Gasteiger partial charge is 0.393 e. The van der Waals surface area contributed by atoms with Crippen molar-refractivity contribution in [2.75, 3.05) is 0 Å². The van der Waals surface area contributed by atoms with E-state index in [1.807, 2.05) is 13.8 Å². The van der Waals surface area contributed by atoms with Gasteiger partial charge in [0.15, 0.2) is 0 Å². The summed E-state index contributed by atoms with van der Waals surface area (Å²) in [5.41, 5.74) is -2.76. The minimum atomic E-state index is -1.44. The van der Waals surface area contributed by atoms with Gasteiger partial charge in [-0.25, -0.2) is 0 Å². The Morgan fingerprint density at radius 2 is 1.56 bits per heavy atom. The van der Waals surface area contributed by atoms with Crippen molar-refractivity contribution >= 4 is 0 Å². The van der Waals surface area contributed by atoms with Crippen molar-refractivity contribution in [1.82, 2.24) is 0 Å². The molecule has 5 nitrogen and oxygen atoms in total. The Morgan fingerprint density at radius 3 is 2.20 bits per heavy atom. The number of aliphatic hydroxyl groups is 5. The van der Waals surface area contributed by atoms with Crippen molar-refractivity contribution in [3.63, 3.8) is 0 Å². The molecule has 0 aromatic carbocycles. The van der Waals surface area contributed by atoms with E-state index in [4.69, 9.17) is 0 Å². The molecule has 5 heteroatoms. The van der Waals surface area contributed by atoms with E-state index in [1.165, 1.54) is 0 Å². The fourth-order valence-electron chi connectivity index (χ4n) is 7.18. The van der Waals surface area contributed by atoms with E-state index in [9.17, 15) is 25.5 Å². The van der Waals surface area contributed by atoms with Crippen molar-refractivity contribution < 1.29 is 25.5 Å². The van der Waals surface area contributed by atoms with Gasteiger partial charge in [0.25, 0.3) is 0 Å². The summed E-state index contributed by atoms with van der Waals surface area (Å²) in [6.07, 6.45) is 0.112. The third-order valence-electron chi connectivity index (χ3n) is 8.67. The van der Waals surface area contributed by atoms with E-state index in [-0.39, 0.29) is 17.3 Å². The number of fused-ring (bicyclic) bond motifs is 2. The Balaban J connectivity index is 1.83. The smallest absolute Gasteiger partial charge is 0.105 e. The molecule has 142 valence electrons. The summed E-state index contributed by atoms with van der Waals surface area (Å²) in [6.45, 7) is 9.70.